The first-order valence-electron chi connectivity index (χ1n) is 6.59. The van der Waals surface area contributed by atoms with E-state index < -0.39 is 30.1 Å². The highest BCUT2D eigenvalue weighted by atomic mass is 19.4. The molecule has 2 aromatic rings. The van der Waals surface area contributed by atoms with Gasteiger partial charge in [-0.15, -0.1) is 6.42 Å². The van der Waals surface area contributed by atoms with E-state index in [9.17, 15) is 35.8 Å². The zero-order chi connectivity index (χ0) is 22.3. The molecule has 2 rings (SSSR count). The molecule has 0 amide bonds. The molecule has 0 saturated heterocycles. The van der Waals surface area contributed by atoms with Gasteiger partial charge >= 0.3 is 24.3 Å². The SMILES string of the molecule is C#Cc1c(F)ccc2cc(O)ccc12.O=C(O)C(F)(F)F.O=C(O)C(F)(F)F. The smallest absolute Gasteiger partial charge is 0.490 e. The van der Waals surface area contributed by atoms with Gasteiger partial charge in [-0.2, -0.15) is 26.3 Å². The minimum Gasteiger partial charge on any atom is -0.508 e. The third kappa shape index (κ3) is 7.81. The summed E-state index contributed by atoms with van der Waals surface area (Å²) in [5.41, 5.74) is 0.238. The van der Waals surface area contributed by atoms with Gasteiger partial charge in [-0.3, -0.25) is 0 Å². The van der Waals surface area contributed by atoms with Crippen molar-refractivity contribution in [3.8, 4) is 18.1 Å². The summed E-state index contributed by atoms with van der Waals surface area (Å²) in [7, 11) is 0. The number of fused-ring (bicyclic) bond motifs is 1. The molecule has 0 saturated carbocycles. The van der Waals surface area contributed by atoms with Gasteiger partial charge in [-0.25, -0.2) is 14.0 Å². The third-order valence-corrected chi connectivity index (χ3v) is 2.58. The molecule has 28 heavy (non-hydrogen) atoms. The van der Waals surface area contributed by atoms with E-state index in [1.165, 1.54) is 12.1 Å². The summed E-state index contributed by atoms with van der Waals surface area (Å²) < 4.78 is 76.7. The lowest BCUT2D eigenvalue weighted by Crippen LogP contribution is -2.21. The third-order valence-electron chi connectivity index (χ3n) is 2.58. The maximum absolute atomic E-state index is 13.2. The van der Waals surface area contributed by atoms with Crippen molar-refractivity contribution in [3.63, 3.8) is 0 Å². The van der Waals surface area contributed by atoms with Crippen LogP contribution in [0, 0.1) is 18.2 Å². The van der Waals surface area contributed by atoms with Crippen molar-refractivity contribution in [1.82, 2.24) is 0 Å². The molecule has 0 unspecified atom stereocenters. The van der Waals surface area contributed by atoms with Crippen molar-refractivity contribution in [1.29, 1.82) is 0 Å². The molecule has 152 valence electrons. The Morgan fingerprint density at radius 3 is 1.68 bits per heavy atom. The molecule has 0 aromatic heterocycles. The highest BCUT2D eigenvalue weighted by Gasteiger charge is 2.38. The molecule has 0 radical (unpaired) electrons. The molecule has 0 atom stereocenters. The second-order valence-corrected chi connectivity index (χ2v) is 4.58. The van der Waals surface area contributed by atoms with Crippen LogP contribution in [0.25, 0.3) is 10.8 Å². The average molecular weight is 414 g/mol. The normalized spacial score (nSPS) is 10.6. The van der Waals surface area contributed by atoms with Gasteiger partial charge < -0.3 is 15.3 Å². The number of carbonyl (C=O) groups is 2. The Morgan fingerprint density at radius 1 is 0.893 bits per heavy atom. The molecule has 0 spiro atoms. The minimum atomic E-state index is -5.08. The number of aliphatic carboxylic acids is 2. The number of terminal acetylenes is 1. The average Bonchev–Trinajstić information content (AvgIpc) is 2.54. The Bertz CT molecular complexity index is 871. The van der Waals surface area contributed by atoms with E-state index in [1.54, 1.807) is 18.2 Å². The van der Waals surface area contributed by atoms with Crippen LogP contribution in [0.3, 0.4) is 0 Å². The number of benzene rings is 2. The summed E-state index contributed by atoms with van der Waals surface area (Å²) in [6.07, 6.45) is -4.96. The number of phenols is 1. The van der Waals surface area contributed by atoms with Gasteiger partial charge in [-0.1, -0.05) is 12.0 Å². The van der Waals surface area contributed by atoms with Crippen molar-refractivity contribution in [2.24, 2.45) is 0 Å². The van der Waals surface area contributed by atoms with Crippen LogP contribution < -0.4 is 0 Å². The van der Waals surface area contributed by atoms with Crippen LogP contribution in [0.4, 0.5) is 30.7 Å². The van der Waals surface area contributed by atoms with E-state index in [0.717, 1.165) is 5.39 Å². The van der Waals surface area contributed by atoms with Gasteiger partial charge in [0.1, 0.15) is 11.6 Å². The molecule has 0 bridgehead atoms. The molecular weight excluding hydrogens is 405 g/mol. The van der Waals surface area contributed by atoms with E-state index in [1.807, 2.05) is 0 Å². The molecule has 12 heteroatoms. The number of hydrogen-bond acceptors (Lipinski definition) is 3. The topological polar surface area (TPSA) is 94.8 Å². The minimum absolute atomic E-state index is 0.145. The van der Waals surface area contributed by atoms with Gasteiger partial charge in [0.2, 0.25) is 0 Å². The van der Waals surface area contributed by atoms with Crippen molar-refractivity contribution in [2.45, 2.75) is 12.4 Å². The quantitative estimate of drug-likeness (QED) is 0.449. The second-order valence-electron chi connectivity index (χ2n) is 4.58. The first-order valence-corrected chi connectivity index (χ1v) is 6.59. The van der Waals surface area contributed by atoms with E-state index >= 15 is 0 Å². The predicted molar refractivity (Wildman–Crippen MR) is 80.9 cm³/mol. The Kier molecular flexibility index (Phi) is 8.27. The molecule has 2 aromatic carbocycles. The summed E-state index contributed by atoms with van der Waals surface area (Å²) in [5, 5.41) is 24.8. The fourth-order valence-electron chi connectivity index (χ4n) is 1.44. The maximum atomic E-state index is 13.2. The van der Waals surface area contributed by atoms with Gasteiger partial charge in [0.15, 0.2) is 0 Å². The maximum Gasteiger partial charge on any atom is 0.490 e. The summed E-state index contributed by atoms with van der Waals surface area (Å²) >= 11 is 0. The van der Waals surface area contributed by atoms with Crippen LogP contribution in [0.5, 0.6) is 5.75 Å². The number of phenolic OH excluding ortho intramolecular Hbond substituents is 1. The van der Waals surface area contributed by atoms with Gasteiger partial charge in [0.05, 0.1) is 5.56 Å². The van der Waals surface area contributed by atoms with E-state index in [2.05, 4.69) is 5.92 Å². The van der Waals surface area contributed by atoms with Crippen LogP contribution in [0.2, 0.25) is 0 Å². The van der Waals surface area contributed by atoms with Crippen molar-refractivity contribution in [2.75, 3.05) is 0 Å². The van der Waals surface area contributed by atoms with E-state index in [4.69, 9.17) is 26.2 Å². The first kappa shape index (κ1) is 24.5. The molecule has 3 N–H and O–H groups in total. The van der Waals surface area contributed by atoms with E-state index in [0.29, 0.717) is 5.39 Å². The fraction of sp³-hybridized carbons (Fsp3) is 0.125. The molecule has 0 aliphatic rings. The Morgan fingerprint density at radius 2 is 1.32 bits per heavy atom. The van der Waals surface area contributed by atoms with Crippen LogP contribution in [-0.2, 0) is 9.59 Å². The molecule has 5 nitrogen and oxygen atoms in total. The van der Waals surface area contributed by atoms with Crippen LogP contribution in [0.1, 0.15) is 5.56 Å². The largest absolute Gasteiger partial charge is 0.508 e. The highest BCUT2D eigenvalue weighted by molar-refractivity contribution is 5.89. The fourth-order valence-corrected chi connectivity index (χ4v) is 1.44. The van der Waals surface area contributed by atoms with Crippen LogP contribution in [-0.4, -0.2) is 39.6 Å². The monoisotopic (exact) mass is 414 g/mol. The zero-order valence-corrected chi connectivity index (χ0v) is 13.3. The molecule has 0 aliphatic carbocycles. The summed E-state index contributed by atoms with van der Waals surface area (Å²) in [6, 6.07) is 7.54. The van der Waals surface area contributed by atoms with Crippen molar-refractivity contribution < 1.29 is 55.6 Å². The van der Waals surface area contributed by atoms with Crippen molar-refractivity contribution >= 4 is 22.7 Å². The molecule has 0 aliphatic heterocycles. The number of aromatic hydroxyl groups is 1. The molecule has 0 fully saturated rings. The van der Waals surface area contributed by atoms with Gasteiger partial charge in [0.25, 0.3) is 0 Å². The number of carboxylic acids is 2. The molecular formula is C16H9F7O5. The van der Waals surface area contributed by atoms with Gasteiger partial charge in [0, 0.05) is 5.39 Å². The van der Waals surface area contributed by atoms with Crippen molar-refractivity contribution in [3.05, 3.63) is 41.7 Å². The number of carboxylic acid groups (broad SMARTS) is 2. The van der Waals surface area contributed by atoms with Gasteiger partial charge in [-0.05, 0) is 29.7 Å². The summed E-state index contributed by atoms with van der Waals surface area (Å²) in [5.74, 6) is -3.48. The first-order chi connectivity index (χ1) is 12.6. The summed E-state index contributed by atoms with van der Waals surface area (Å²) in [6.45, 7) is 0. The highest BCUT2D eigenvalue weighted by Crippen LogP contribution is 2.24. The Hall–Kier alpha value is -3.49. The number of hydrogen-bond donors (Lipinski definition) is 3. The number of rotatable bonds is 0. The number of alkyl halides is 6. The lowest BCUT2D eigenvalue weighted by molar-refractivity contribution is -0.193. The lowest BCUT2D eigenvalue weighted by atomic mass is 10.0. The Balaban J connectivity index is 0.000000444. The lowest BCUT2D eigenvalue weighted by Gasteiger charge is -2.02. The number of halogens is 7. The zero-order valence-electron chi connectivity index (χ0n) is 13.3. The van der Waals surface area contributed by atoms with E-state index in [-0.39, 0.29) is 11.3 Å². The standard InChI is InChI=1S/C12H7FO.2C2HF3O2/c1-2-10-11-5-4-9(14)7-8(11)3-6-12(10)13;2*3-2(4,5)1(6)7/h1,3-7,14H;2*(H,6,7). The summed E-state index contributed by atoms with van der Waals surface area (Å²) in [4.78, 5) is 17.8. The molecule has 0 heterocycles. The van der Waals surface area contributed by atoms with Crippen LogP contribution in [0.15, 0.2) is 30.3 Å². The predicted octanol–water partition coefficient (Wildman–Crippen LogP) is 3.93. The van der Waals surface area contributed by atoms with Crippen LogP contribution >= 0.6 is 0 Å². The Labute approximate surface area is 151 Å². The second kappa shape index (κ2) is 9.45.